The second kappa shape index (κ2) is 9.06. The number of amides is 2. The van der Waals surface area contributed by atoms with E-state index in [2.05, 4.69) is 0 Å². The van der Waals surface area contributed by atoms with Crippen LogP contribution in [0.15, 0.2) is 83.8 Å². The molecule has 0 aliphatic carbocycles. The molecule has 156 valence electrons. The molecule has 0 saturated carbocycles. The number of anilines is 1. The lowest BCUT2D eigenvalue weighted by molar-refractivity contribution is -0.121. The molecule has 1 saturated heterocycles. The topological polar surface area (TPSA) is 72.9 Å². The summed E-state index contributed by atoms with van der Waals surface area (Å²) in [7, 11) is 1.31. The van der Waals surface area contributed by atoms with Crippen molar-refractivity contribution in [2.45, 2.75) is 16.6 Å². The van der Waals surface area contributed by atoms with E-state index in [-0.39, 0.29) is 18.2 Å². The molecule has 0 aromatic heterocycles. The molecule has 0 spiro atoms. The Morgan fingerprint density at radius 2 is 1.55 bits per heavy atom. The Labute approximate surface area is 183 Å². The van der Waals surface area contributed by atoms with Gasteiger partial charge in [-0.2, -0.15) is 0 Å². The average molecular weight is 433 g/mol. The standard InChI is InChI=1S/C24H19NO5S/c1-29-24(28)19-9-5-6-10-20(19)31-21-15-22(26)25(23(21)27)16-11-13-18(14-12-16)30-17-7-3-2-4-8-17/h2-14,21H,15H2,1H3/t21-/m0/s1. The van der Waals surface area contributed by atoms with Crippen LogP contribution in [0.3, 0.4) is 0 Å². The highest BCUT2D eigenvalue weighted by molar-refractivity contribution is 8.00. The predicted molar refractivity (Wildman–Crippen MR) is 117 cm³/mol. The van der Waals surface area contributed by atoms with E-state index in [0.717, 1.165) is 0 Å². The van der Waals surface area contributed by atoms with Crippen molar-refractivity contribution in [1.82, 2.24) is 0 Å². The van der Waals surface area contributed by atoms with Crippen LogP contribution in [0.1, 0.15) is 16.8 Å². The van der Waals surface area contributed by atoms with Gasteiger partial charge < -0.3 is 9.47 Å². The van der Waals surface area contributed by atoms with Gasteiger partial charge in [0.2, 0.25) is 11.8 Å². The van der Waals surface area contributed by atoms with Crippen LogP contribution in [-0.2, 0) is 14.3 Å². The van der Waals surface area contributed by atoms with Crippen molar-refractivity contribution in [2.75, 3.05) is 12.0 Å². The van der Waals surface area contributed by atoms with Gasteiger partial charge in [-0.25, -0.2) is 9.69 Å². The van der Waals surface area contributed by atoms with Gasteiger partial charge in [-0.15, -0.1) is 11.8 Å². The molecule has 7 heteroatoms. The maximum Gasteiger partial charge on any atom is 0.338 e. The average Bonchev–Trinajstić information content (AvgIpc) is 3.07. The van der Waals surface area contributed by atoms with Crippen LogP contribution in [0, 0.1) is 0 Å². The molecule has 2 amide bonds. The summed E-state index contributed by atoms with van der Waals surface area (Å²) < 4.78 is 10.6. The highest BCUT2D eigenvalue weighted by atomic mass is 32.2. The Kier molecular flexibility index (Phi) is 6.04. The third-order valence-corrected chi connectivity index (χ3v) is 6.00. The summed E-state index contributed by atoms with van der Waals surface area (Å²) in [5, 5.41) is -0.612. The number of para-hydroxylation sites is 1. The number of nitrogens with zero attached hydrogens (tertiary/aromatic N) is 1. The van der Waals surface area contributed by atoms with Crippen LogP contribution < -0.4 is 9.64 Å². The van der Waals surface area contributed by atoms with Crippen LogP contribution in [-0.4, -0.2) is 30.1 Å². The lowest BCUT2D eigenvalue weighted by atomic mass is 10.2. The smallest absolute Gasteiger partial charge is 0.338 e. The van der Waals surface area contributed by atoms with Crippen molar-refractivity contribution < 1.29 is 23.9 Å². The molecule has 1 fully saturated rings. The summed E-state index contributed by atoms with van der Waals surface area (Å²) in [4.78, 5) is 39.4. The molecule has 0 N–H and O–H groups in total. The highest BCUT2D eigenvalue weighted by Crippen LogP contribution is 2.36. The normalized spacial score (nSPS) is 15.8. The van der Waals surface area contributed by atoms with Gasteiger partial charge >= 0.3 is 5.97 Å². The number of hydrogen-bond acceptors (Lipinski definition) is 6. The first-order chi connectivity index (χ1) is 15.1. The second-order valence-corrected chi connectivity index (χ2v) is 8.02. The van der Waals surface area contributed by atoms with E-state index in [9.17, 15) is 14.4 Å². The fraction of sp³-hybridized carbons (Fsp3) is 0.125. The molecule has 31 heavy (non-hydrogen) atoms. The fourth-order valence-electron chi connectivity index (χ4n) is 3.26. The van der Waals surface area contributed by atoms with Gasteiger partial charge in [-0.3, -0.25) is 9.59 Å². The number of carbonyl (C=O) groups is 3. The molecule has 1 atom stereocenters. The van der Waals surface area contributed by atoms with Crippen molar-refractivity contribution in [3.63, 3.8) is 0 Å². The van der Waals surface area contributed by atoms with Gasteiger partial charge in [0.25, 0.3) is 0 Å². The number of ether oxygens (including phenoxy) is 2. The van der Waals surface area contributed by atoms with Crippen LogP contribution in [0.5, 0.6) is 11.5 Å². The van der Waals surface area contributed by atoms with Gasteiger partial charge in [0.05, 0.1) is 23.6 Å². The van der Waals surface area contributed by atoms with Gasteiger partial charge in [0.15, 0.2) is 0 Å². The third-order valence-electron chi connectivity index (χ3n) is 4.74. The largest absolute Gasteiger partial charge is 0.465 e. The predicted octanol–water partition coefficient (Wildman–Crippen LogP) is 4.69. The van der Waals surface area contributed by atoms with E-state index >= 15 is 0 Å². The van der Waals surface area contributed by atoms with Gasteiger partial charge in [-0.1, -0.05) is 30.3 Å². The number of methoxy groups -OCH3 is 1. The lowest BCUT2D eigenvalue weighted by Crippen LogP contribution is -2.31. The monoisotopic (exact) mass is 433 g/mol. The van der Waals surface area contributed by atoms with E-state index in [1.807, 2.05) is 30.3 Å². The van der Waals surface area contributed by atoms with Crippen molar-refractivity contribution in [3.05, 3.63) is 84.4 Å². The van der Waals surface area contributed by atoms with Gasteiger partial charge in [0.1, 0.15) is 11.5 Å². The first-order valence-electron chi connectivity index (χ1n) is 9.60. The number of thioether (sulfide) groups is 1. The minimum atomic E-state index is -0.612. The van der Waals surface area contributed by atoms with Crippen LogP contribution >= 0.6 is 11.8 Å². The number of imide groups is 1. The number of rotatable bonds is 6. The first-order valence-corrected chi connectivity index (χ1v) is 10.5. The fourth-order valence-corrected chi connectivity index (χ4v) is 4.43. The molecular formula is C24H19NO5S. The molecule has 4 rings (SSSR count). The SMILES string of the molecule is COC(=O)c1ccccc1S[C@H]1CC(=O)N(c2ccc(Oc3ccccc3)cc2)C1=O. The zero-order valence-electron chi connectivity index (χ0n) is 16.7. The Morgan fingerprint density at radius 1 is 0.903 bits per heavy atom. The van der Waals surface area contributed by atoms with Gasteiger partial charge in [-0.05, 0) is 48.5 Å². The molecule has 1 aliphatic heterocycles. The lowest BCUT2D eigenvalue weighted by Gasteiger charge is -2.16. The highest BCUT2D eigenvalue weighted by Gasteiger charge is 2.40. The zero-order valence-corrected chi connectivity index (χ0v) is 17.5. The maximum absolute atomic E-state index is 13.0. The van der Waals surface area contributed by atoms with E-state index in [4.69, 9.17) is 9.47 Å². The molecule has 0 radical (unpaired) electrons. The van der Waals surface area contributed by atoms with E-state index in [1.165, 1.54) is 23.8 Å². The number of carbonyl (C=O) groups excluding carboxylic acids is 3. The van der Waals surface area contributed by atoms with Crippen molar-refractivity contribution in [1.29, 1.82) is 0 Å². The molecule has 3 aromatic carbocycles. The van der Waals surface area contributed by atoms with Crippen molar-refractivity contribution in [2.24, 2.45) is 0 Å². The quantitative estimate of drug-likeness (QED) is 0.415. The van der Waals surface area contributed by atoms with E-state index in [1.54, 1.807) is 48.5 Å². The van der Waals surface area contributed by atoms with Crippen molar-refractivity contribution in [3.8, 4) is 11.5 Å². The van der Waals surface area contributed by atoms with E-state index < -0.39 is 11.2 Å². The molecule has 3 aromatic rings. The Balaban J connectivity index is 1.49. The Bertz CT molecular complexity index is 1110. The minimum Gasteiger partial charge on any atom is -0.465 e. The maximum atomic E-state index is 13.0. The third kappa shape index (κ3) is 4.46. The van der Waals surface area contributed by atoms with Crippen LogP contribution in [0.4, 0.5) is 5.69 Å². The van der Waals surface area contributed by atoms with Crippen LogP contribution in [0.2, 0.25) is 0 Å². The summed E-state index contributed by atoms with van der Waals surface area (Å²) in [6.07, 6.45) is 0.0568. The van der Waals surface area contributed by atoms with Crippen molar-refractivity contribution >= 4 is 35.2 Å². The zero-order chi connectivity index (χ0) is 21.8. The molecule has 6 nitrogen and oxygen atoms in total. The van der Waals surface area contributed by atoms with Crippen LogP contribution in [0.25, 0.3) is 0 Å². The molecular weight excluding hydrogens is 414 g/mol. The summed E-state index contributed by atoms with van der Waals surface area (Å²) in [5.74, 6) is 0.225. The summed E-state index contributed by atoms with van der Waals surface area (Å²) in [6, 6.07) is 23.0. The summed E-state index contributed by atoms with van der Waals surface area (Å²) in [5.41, 5.74) is 0.857. The number of benzene rings is 3. The Morgan fingerprint density at radius 3 is 2.26 bits per heavy atom. The second-order valence-electron chi connectivity index (χ2n) is 6.77. The molecule has 1 heterocycles. The molecule has 0 bridgehead atoms. The van der Waals surface area contributed by atoms with E-state index in [0.29, 0.717) is 27.6 Å². The minimum absolute atomic E-state index is 0.0568. The summed E-state index contributed by atoms with van der Waals surface area (Å²) in [6.45, 7) is 0. The molecule has 1 aliphatic rings. The van der Waals surface area contributed by atoms with Gasteiger partial charge in [0, 0.05) is 11.3 Å². The molecule has 0 unspecified atom stereocenters. The summed E-state index contributed by atoms with van der Waals surface area (Å²) >= 11 is 1.20. The number of esters is 1. The number of hydrogen-bond donors (Lipinski definition) is 0. The Hall–Kier alpha value is -3.58. The first kappa shape index (κ1) is 20.7.